The number of Topliss-reactive ketones (excluding diaryl/α,β-unsaturated/α-hetero) is 4. The zero-order valence-electron chi connectivity index (χ0n) is 29.9. The Morgan fingerprint density at radius 1 is 0.451 bits per heavy atom. The molecule has 0 radical (unpaired) electrons. The third kappa shape index (κ3) is 4.33. The molecular formula is C46H41NO4. The molecule has 1 fully saturated rings. The van der Waals surface area contributed by atoms with Crippen LogP contribution in [0.2, 0.25) is 0 Å². The van der Waals surface area contributed by atoms with Crippen molar-refractivity contribution in [2.24, 2.45) is 5.41 Å². The second kappa shape index (κ2) is 11.0. The van der Waals surface area contributed by atoms with Gasteiger partial charge in [0.2, 0.25) is 0 Å². The zero-order chi connectivity index (χ0) is 36.1. The zero-order valence-corrected chi connectivity index (χ0v) is 29.9. The Kier molecular flexibility index (Phi) is 7.09. The summed E-state index contributed by atoms with van der Waals surface area (Å²) in [6.07, 6.45) is 0. The number of para-hydroxylation sites is 1. The number of nitrogens with zero attached hydrogens (tertiary/aromatic N) is 1. The van der Waals surface area contributed by atoms with Crippen molar-refractivity contribution in [1.29, 1.82) is 0 Å². The predicted molar refractivity (Wildman–Crippen MR) is 200 cm³/mol. The lowest BCUT2D eigenvalue weighted by Gasteiger charge is -2.40. The van der Waals surface area contributed by atoms with Gasteiger partial charge in [0.15, 0.2) is 28.7 Å². The van der Waals surface area contributed by atoms with Crippen molar-refractivity contribution in [2.75, 3.05) is 4.90 Å². The number of carbonyl (C=O) groups excluding carboxylic acids is 4. The molecule has 2 atom stereocenters. The van der Waals surface area contributed by atoms with E-state index in [2.05, 4.69) is 41.5 Å². The van der Waals surface area contributed by atoms with E-state index in [4.69, 9.17) is 0 Å². The molecule has 5 aromatic carbocycles. The molecule has 0 amide bonds. The molecule has 0 saturated carbocycles. The largest absolute Gasteiger partial charge is 0.343 e. The monoisotopic (exact) mass is 671 g/mol. The van der Waals surface area contributed by atoms with Crippen molar-refractivity contribution in [3.8, 4) is 0 Å². The Balaban J connectivity index is 1.54. The van der Waals surface area contributed by atoms with E-state index in [1.165, 1.54) is 0 Å². The summed E-state index contributed by atoms with van der Waals surface area (Å²) < 4.78 is 0. The molecule has 2 aliphatic carbocycles. The normalized spacial score (nSPS) is 20.4. The molecule has 0 aromatic heterocycles. The Hall–Kier alpha value is -5.42. The minimum atomic E-state index is -1.95. The first-order valence-corrected chi connectivity index (χ1v) is 17.7. The number of carbonyl (C=O) groups is 4. The van der Waals surface area contributed by atoms with Crippen LogP contribution < -0.4 is 4.90 Å². The van der Waals surface area contributed by atoms with Crippen LogP contribution in [-0.2, 0) is 10.8 Å². The summed E-state index contributed by atoms with van der Waals surface area (Å²) in [5.41, 5.74) is 1.10. The van der Waals surface area contributed by atoms with Crippen LogP contribution >= 0.6 is 0 Å². The first kappa shape index (κ1) is 32.8. The fourth-order valence-corrected chi connectivity index (χ4v) is 9.04. The van der Waals surface area contributed by atoms with E-state index in [1.54, 1.807) is 48.5 Å². The van der Waals surface area contributed by atoms with Crippen LogP contribution in [0.5, 0.6) is 0 Å². The fraction of sp³-hybridized carbons (Fsp3) is 0.261. The number of benzene rings is 5. The van der Waals surface area contributed by atoms with Gasteiger partial charge in [0, 0.05) is 33.9 Å². The molecule has 3 aliphatic rings. The van der Waals surface area contributed by atoms with Crippen LogP contribution in [0.1, 0.15) is 117 Å². The highest BCUT2D eigenvalue weighted by molar-refractivity contribution is 6.39. The SMILES string of the molecule is CC(C)(C)c1ccc(C2N(c3ccccc3)C3(C(=O)c4ccccc4C3=O)C(c3ccc(C(C)(C)C)cc3)C23C(=O)c2ccccc2C3=O)cc1. The summed E-state index contributed by atoms with van der Waals surface area (Å²) >= 11 is 0. The van der Waals surface area contributed by atoms with Crippen LogP contribution in [0.25, 0.3) is 0 Å². The van der Waals surface area contributed by atoms with Gasteiger partial charge in [0.25, 0.3) is 0 Å². The Bertz CT molecular complexity index is 2180. The quantitative estimate of drug-likeness (QED) is 0.179. The van der Waals surface area contributed by atoms with Crippen LogP contribution in [0.3, 0.4) is 0 Å². The molecule has 0 N–H and O–H groups in total. The summed E-state index contributed by atoms with van der Waals surface area (Å²) in [4.78, 5) is 64.1. The Morgan fingerprint density at radius 3 is 1.24 bits per heavy atom. The van der Waals surface area contributed by atoms with Gasteiger partial charge in [-0.05, 0) is 45.2 Å². The lowest BCUT2D eigenvalue weighted by molar-refractivity contribution is 0.0619. The molecule has 5 aromatic rings. The summed E-state index contributed by atoms with van der Waals surface area (Å²) in [5.74, 6) is -2.70. The maximum Gasteiger partial charge on any atom is 0.197 e. The maximum atomic E-state index is 15.6. The van der Waals surface area contributed by atoms with Crippen LogP contribution in [-0.4, -0.2) is 28.7 Å². The van der Waals surface area contributed by atoms with Gasteiger partial charge >= 0.3 is 0 Å². The molecule has 1 aliphatic heterocycles. The topological polar surface area (TPSA) is 71.5 Å². The third-order valence-electron chi connectivity index (χ3n) is 11.5. The highest BCUT2D eigenvalue weighted by Gasteiger charge is 2.81. The van der Waals surface area contributed by atoms with Crippen molar-refractivity contribution in [3.63, 3.8) is 0 Å². The van der Waals surface area contributed by atoms with Gasteiger partial charge in [-0.2, -0.15) is 0 Å². The van der Waals surface area contributed by atoms with E-state index in [0.29, 0.717) is 39.1 Å². The highest BCUT2D eigenvalue weighted by Crippen LogP contribution is 2.70. The van der Waals surface area contributed by atoms with E-state index < -0.39 is 34.5 Å². The van der Waals surface area contributed by atoms with Gasteiger partial charge < -0.3 is 4.90 Å². The number of rotatable bonds is 3. The van der Waals surface area contributed by atoms with E-state index in [9.17, 15) is 0 Å². The molecule has 254 valence electrons. The standard InChI is InChI=1S/C46H41NO4/c1-43(2,3)30-24-20-28(21-25-30)37-45(39(48)33-16-10-11-17-34(33)40(45)49)38(29-22-26-31(27-23-29)44(4,5)6)47(32-14-8-7-9-15-32)46(37)41(50)35-18-12-13-19-36(35)42(46)51/h7-27,37-38H,1-6H3. The van der Waals surface area contributed by atoms with Gasteiger partial charge in [-0.25, -0.2) is 0 Å². The molecule has 1 saturated heterocycles. The summed E-state index contributed by atoms with van der Waals surface area (Å²) in [7, 11) is 0. The molecule has 5 nitrogen and oxygen atoms in total. The fourth-order valence-electron chi connectivity index (χ4n) is 9.04. The van der Waals surface area contributed by atoms with Gasteiger partial charge in [-0.1, -0.05) is 157 Å². The first-order valence-electron chi connectivity index (χ1n) is 17.7. The molecule has 0 bridgehead atoms. The second-order valence-corrected chi connectivity index (χ2v) is 16.3. The van der Waals surface area contributed by atoms with Crippen LogP contribution in [0.4, 0.5) is 5.69 Å². The molecule has 8 rings (SSSR count). The van der Waals surface area contributed by atoms with Gasteiger partial charge in [-0.15, -0.1) is 0 Å². The van der Waals surface area contributed by atoms with Gasteiger partial charge in [-0.3, -0.25) is 19.2 Å². The summed E-state index contributed by atoms with van der Waals surface area (Å²) in [6.45, 7) is 12.8. The predicted octanol–water partition coefficient (Wildman–Crippen LogP) is 9.51. The Labute approximate surface area is 299 Å². The number of ketones is 4. The smallest absolute Gasteiger partial charge is 0.197 e. The molecule has 2 unspecified atom stereocenters. The van der Waals surface area contributed by atoms with Gasteiger partial charge in [0.1, 0.15) is 5.41 Å². The van der Waals surface area contributed by atoms with Crippen molar-refractivity contribution in [1.82, 2.24) is 0 Å². The highest BCUT2D eigenvalue weighted by atomic mass is 16.2. The third-order valence-corrected chi connectivity index (χ3v) is 11.5. The lowest BCUT2D eigenvalue weighted by Crippen LogP contribution is -2.57. The molecular weight excluding hydrogens is 631 g/mol. The maximum absolute atomic E-state index is 15.6. The van der Waals surface area contributed by atoms with Gasteiger partial charge in [0.05, 0.1) is 6.04 Å². The number of hydrogen-bond donors (Lipinski definition) is 0. The van der Waals surface area contributed by atoms with Crippen molar-refractivity contribution >= 4 is 28.8 Å². The van der Waals surface area contributed by atoms with E-state index >= 15 is 19.2 Å². The first-order chi connectivity index (χ1) is 24.2. The lowest BCUT2D eigenvalue weighted by atomic mass is 9.59. The second-order valence-electron chi connectivity index (χ2n) is 16.3. The molecule has 2 spiro atoms. The molecule has 1 heterocycles. The average Bonchev–Trinajstić information content (AvgIpc) is 3.63. The summed E-state index contributed by atoms with van der Waals surface area (Å²) in [6, 6.07) is 38.1. The van der Waals surface area contributed by atoms with E-state index in [0.717, 1.165) is 11.1 Å². The average molecular weight is 672 g/mol. The van der Waals surface area contributed by atoms with E-state index in [-0.39, 0.29) is 22.4 Å². The van der Waals surface area contributed by atoms with Crippen molar-refractivity contribution in [2.45, 2.75) is 69.9 Å². The van der Waals surface area contributed by atoms with E-state index in [1.807, 2.05) is 83.8 Å². The summed E-state index contributed by atoms with van der Waals surface area (Å²) in [5, 5.41) is 0. The Morgan fingerprint density at radius 2 is 0.824 bits per heavy atom. The van der Waals surface area contributed by atoms with Crippen molar-refractivity contribution in [3.05, 3.63) is 172 Å². The number of fused-ring (bicyclic) bond motifs is 2. The number of anilines is 1. The van der Waals surface area contributed by atoms with Crippen molar-refractivity contribution < 1.29 is 19.2 Å². The molecule has 5 heteroatoms. The minimum absolute atomic E-state index is 0.155. The van der Waals surface area contributed by atoms with Crippen LogP contribution in [0, 0.1) is 5.41 Å². The van der Waals surface area contributed by atoms with Crippen LogP contribution in [0.15, 0.2) is 127 Å². The molecule has 51 heavy (non-hydrogen) atoms. The minimum Gasteiger partial charge on any atom is -0.343 e. The number of hydrogen-bond acceptors (Lipinski definition) is 5.